The lowest BCUT2D eigenvalue weighted by Crippen LogP contribution is -2.23. The van der Waals surface area contributed by atoms with Crippen LogP contribution in [-0.4, -0.2) is 31.7 Å². The first-order valence-electron chi connectivity index (χ1n) is 12.4. The third-order valence-corrected chi connectivity index (χ3v) is 7.52. The predicted octanol–water partition coefficient (Wildman–Crippen LogP) is 8.45. The van der Waals surface area contributed by atoms with Gasteiger partial charge in [0.1, 0.15) is 18.1 Å². The maximum absolute atomic E-state index is 10.8. The number of rotatable bonds is 14. The molecule has 0 bridgehead atoms. The fraction of sp³-hybridized carbons (Fsp3) is 0.310. The van der Waals surface area contributed by atoms with Gasteiger partial charge < -0.3 is 14.4 Å². The summed E-state index contributed by atoms with van der Waals surface area (Å²) in [5.74, 6) is 1.80. The van der Waals surface area contributed by atoms with Gasteiger partial charge in [0.15, 0.2) is 0 Å². The average molecular weight is 726 g/mol. The van der Waals surface area contributed by atoms with E-state index in [1.807, 2.05) is 12.2 Å². The summed E-state index contributed by atoms with van der Waals surface area (Å²) < 4.78 is 14.2. The number of hydrogen-bond acceptors (Lipinski definition) is 5. The summed E-state index contributed by atoms with van der Waals surface area (Å²) in [6, 6.07) is 18.9. The Labute approximate surface area is 246 Å². The summed E-state index contributed by atoms with van der Waals surface area (Å²) in [5, 5.41) is 10.8. The number of non-ortho nitro benzene ring substituents is 1. The van der Waals surface area contributed by atoms with Crippen molar-refractivity contribution in [3.63, 3.8) is 0 Å². The molecule has 0 saturated carbocycles. The third kappa shape index (κ3) is 9.48. The van der Waals surface area contributed by atoms with Crippen molar-refractivity contribution in [2.24, 2.45) is 0 Å². The molecule has 8 heteroatoms. The molecule has 0 aliphatic heterocycles. The van der Waals surface area contributed by atoms with E-state index in [0.29, 0.717) is 6.61 Å². The van der Waals surface area contributed by atoms with Gasteiger partial charge in [-0.1, -0.05) is 50.5 Å². The second-order valence-corrected chi connectivity index (χ2v) is 11.0. The Morgan fingerprint density at radius 1 is 0.838 bits per heavy atom. The van der Waals surface area contributed by atoms with E-state index in [1.54, 1.807) is 12.1 Å². The van der Waals surface area contributed by atoms with E-state index in [2.05, 4.69) is 100 Å². The number of nitro groups is 1. The normalized spacial score (nSPS) is 11.0. The molecule has 0 N–H and O–H groups in total. The van der Waals surface area contributed by atoms with Crippen LogP contribution in [0.2, 0.25) is 0 Å². The van der Waals surface area contributed by atoms with E-state index < -0.39 is 4.92 Å². The Morgan fingerprint density at radius 3 is 1.92 bits per heavy atom. The maximum Gasteiger partial charge on any atom is 0.269 e. The zero-order valence-corrected chi connectivity index (χ0v) is 25.5. The van der Waals surface area contributed by atoms with Crippen molar-refractivity contribution in [1.82, 2.24) is 0 Å². The molecule has 0 spiro atoms. The van der Waals surface area contributed by atoms with Crippen molar-refractivity contribution in [3.05, 3.63) is 89.0 Å². The van der Waals surface area contributed by atoms with E-state index in [-0.39, 0.29) is 5.69 Å². The Hall–Kier alpha value is -2.34. The molecule has 0 amide bonds. The summed E-state index contributed by atoms with van der Waals surface area (Å²) in [6.07, 6.45) is 8.72. The Morgan fingerprint density at radius 2 is 1.38 bits per heavy atom. The molecule has 0 aliphatic carbocycles. The maximum atomic E-state index is 10.8. The standard InChI is InChI=1S/C29H32I2N2O4/c1-3-4-5-6-18-36-28-20-27(31)29(21-26(28)30)37-19-17-32(2)24-13-9-22(10-14-24)7-8-23-11-15-25(16-12-23)33(34)35/h7-16,20-21H,3-6,17-19H2,1-2H3/b8-7+. The molecule has 0 fully saturated rings. The number of unbranched alkanes of at least 4 members (excludes halogenated alkanes) is 3. The molecule has 196 valence electrons. The first kappa shape index (κ1) is 29.2. The highest BCUT2D eigenvalue weighted by Crippen LogP contribution is 2.31. The van der Waals surface area contributed by atoms with Crippen LogP contribution in [-0.2, 0) is 0 Å². The molecule has 3 aromatic rings. The van der Waals surface area contributed by atoms with Crippen LogP contribution in [0.25, 0.3) is 12.2 Å². The molecule has 0 atom stereocenters. The number of nitro benzene ring substituents is 1. The highest BCUT2D eigenvalue weighted by molar-refractivity contribution is 14.1. The SMILES string of the molecule is CCCCCCOc1cc(I)c(OCCN(C)c2ccc(/C=C/c3ccc([N+](=O)[O-])cc3)cc2)cc1I. The highest BCUT2D eigenvalue weighted by atomic mass is 127. The Kier molecular flexibility index (Phi) is 12.0. The van der Waals surface area contributed by atoms with Crippen LogP contribution in [0, 0.1) is 17.3 Å². The van der Waals surface area contributed by atoms with Gasteiger partial charge in [0.05, 0.1) is 25.2 Å². The van der Waals surface area contributed by atoms with Gasteiger partial charge >= 0.3 is 0 Å². The largest absolute Gasteiger partial charge is 0.492 e. The van der Waals surface area contributed by atoms with E-state index >= 15 is 0 Å². The fourth-order valence-electron chi connectivity index (χ4n) is 3.60. The number of anilines is 1. The minimum Gasteiger partial charge on any atom is -0.492 e. The van der Waals surface area contributed by atoms with Gasteiger partial charge in [-0.15, -0.1) is 0 Å². The number of benzene rings is 3. The van der Waals surface area contributed by atoms with Crippen molar-refractivity contribution in [2.75, 3.05) is 31.7 Å². The quantitative estimate of drug-likeness (QED) is 0.0549. The van der Waals surface area contributed by atoms with E-state index in [0.717, 1.165) is 55.0 Å². The van der Waals surface area contributed by atoms with Crippen LogP contribution in [0.5, 0.6) is 11.5 Å². The highest BCUT2D eigenvalue weighted by Gasteiger charge is 2.10. The van der Waals surface area contributed by atoms with Crippen molar-refractivity contribution in [2.45, 2.75) is 32.6 Å². The molecule has 0 radical (unpaired) electrons. The fourth-order valence-corrected chi connectivity index (χ4v) is 4.79. The van der Waals surface area contributed by atoms with Gasteiger partial charge in [-0.3, -0.25) is 10.1 Å². The summed E-state index contributed by atoms with van der Waals surface area (Å²) in [7, 11) is 2.05. The Balaban J connectivity index is 1.47. The molecule has 0 saturated heterocycles. The zero-order valence-electron chi connectivity index (χ0n) is 21.2. The van der Waals surface area contributed by atoms with Crippen molar-refractivity contribution >= 4 is 68.7 Å². The van der Waals surface area contributed by atoms with Crippen LogP contribution >= 0.6 is 45.2 Å². The lowest BCUT2D eigenvalue weighted by Gasteiger charge is -2.20. The number of likely N-dealkylation sites (N-methyl/N-ethyl adjacent to an activating group) is 1. The van der Waals surface area contributed by atoms with Crippen molar-refractivity contribution in [1.29, 1.82) is 0 Å². The van der Waals surface area contributed by atoms with Gasteiger partial charge in [0.2, 0.25) is 0 Å². The number of nitrogens with zero attached hydrogens (tertiary/aromatic N) is 2. The monoisotopic (exact) mass is 726 g/mol. The summed E-state index contributed by atoms with van der Waals surface area (Å²) in [5.41, 5.74) is 3.17. The first-order valence-corrected chi connectivity index (χ1v) is 14.5. The lowest BCUT2D eigenvalue weighted by molar-refractivity contribution is -0.384. The third-order valence-electron chi connectivity index (χ3n) is 5.83. The zero-order chi connectivity index (χ0) is 26.6. The van der Waals surface area contributed by atoms with E-state index in [9.17, 15) is 10.1 Å². The molecule has 0 aromatic heterocycles. The summed E-state index contributed by atoms with van der Waals surface area (Å²) in [4.78, 5) is 12.6. The summed E-state index contributed by atoms with van der Waals surface area (Å²) >= 11 is 4.62. The van der Waals surface area contributed by atoms with Gasteiger partial charge in [-0.05, 0) is 99.1 Å². The van der Waals surface area contributed by atoms with Crippen LogP contribution in [0.15, 0.2) is 60.7 Å². The minimum absolute atomic E-state index is 0.0946. The van der Waals surface area contributed by atoms with Gasteiger partial charge in [-0.2, -0.15) is 0 Å². The molecule has 6 nitrogen and oxygen atoms in total. The summed E-state index contributed by atoms with van der Waals surface area (Å²) in [6.45, 7) is 4.29. The molecular weight excluding hydrogens is 694 g/mol. The molecule has 37 heavy (non-hydrogen) atoms. The van der Waals surface area contributed by atoms with Gasteiger partial charge in [-0.25, -0.2) is 0 Å². The lowest BCUT2D eigenvalue weighted by atomic mass is 10.1. The second-order valence-electron chi connectivity index (χ2n) is 8.67. The number of hydrogen-bond donors (Lipinski definition) is 0. The Bertz CT molecular complexity index is 1180. The van der Waals surface area contributed by atoms with Crippen LogP contribution in [0.3, 0.4) is 0 Å². The van der Waals surface area contributed by atoms with Crippen molar-refractivity contribution in [3.8, 4) is 11.5 Å². The van der Waals surface area contributed by atoms with Crippen molar-refractivity contribution < 1.29 is 14.4 Å². The van der Waals surface area contributed by atoms with Gasteiger partial charge in [0, 0.05) is 24.9 Å². The molecule has 0 aliphatic rings. The number of ether oxygens (including phenoxy) is 2. The molecule has 0 heterocycles. The first-order chi connectivity index (χ1) is 17.9. The molecule has 3 rings (SSSR count). The predicted molar refractivity (Wildman–Crippen MR) is 169 cm³/mol. The number of halogens is 2. The average Bonchev–Trinajstić information content (AvgIpc) is 2.90. The van der Waals surface area contributed by atoms with Crippen LogP contribution in [0.1, 0.15) is 43.7 Å². The smallest absolute Gasteiger partial charge is 0.269 e. The molecule has 3 aromatic carbocycles. The van der Waals surface area contributed by atoms with E-state index in [1.165, 1.54) is 31.4 Å². The minimum atomic E-state index is -0.392. The van der Waals surface area contributed by atoms with Crippen LogP contribution in [0.4, 0.5) is 11.4 Å². The van der Waals surface area contributed by atoms with E-state index in [4.69, 9.17) is 9.47 Å². The second kappa shape index (κ2) is 15.2. The molecule has 0 unspecified atom stereocenters. The van der Waals surface area contributed by atoms with Gasteiger partial charge in [0.25, 0.3) is 5.69 Å². The topological polar surface area (TPSA) is 64.8 Å². The molecular formula is C29H32I2N2O4. The van der Waals surface area contributed by atoms with Crippen LogP contribution < -0.4 is 14.4 Å².